The van der Waals surface area contributed by atoms with Gasteiger partial charge in [-0.1, -0.05) is 6.92 Å². The number of aliphatic hydroxyl groups is 1. The van der Waals surface area contributed by atoms with Crippen LogP contribution in [0.5, 0.6) is 0 Å². The van der Waals surface area contributed by atoms with Gasteiger partial charge in [-0.05, 0) is 40.2 Å². The number of hydrogen-bond acceptors (Lipinski definition) is 3. The summed E-state index contributed by atoms with van der Waals surface area (Å²) < 4.78 is 2.15. The number of hydrogen-bond donors (Lipinski definition) is 2. The smallest absolute Gasteiger partial charge is 0.0951 e. The van der Waals surface area contributed by atoms with Crippen LogP contribution >= 0.6 is 0 Å². The second kappa shape index (κ2) is 6.17. The number of nitrogens with one attached hydrogen (secondary N) is 1. The van der Waals surface area contributed by atoms with Gasteiger partial charge in [0.2, 0.25) is 0 Å². The van der Waals surface area contributed by atoms with Crippen LogP contribution in [0, 0.1) is 13.8 Å². The second-order valence-corrected chi connectivity index (χ2v) is 5.00. The normalized spacial score (nSPS) is 14.9. The predicted molar refractivity (Wildman–Crippen MR) is 70.1 cm³/mol. The summed E-state index contributed by atoms with van der Waals surface area (Å²) >= 11 is 0. The Labute approximate surface area is 104 Å². The zero-order chi connectivity index (χ0) is 12.9. The molecule has 1 atom stereocenters. The Balaban J connectivity index is 2.55. The molecule has 4 nitrogen and oxygen atoms in total. The molecule has 1 aromatic rings. The van der Waals surface area contributed by atoms with Crippen molar-refractivity contribution in [1.82, 2.24) is 14.9 Å². The molecule has 0 aliphatic heterocycles. The van der Waals surface area contributed by atoms with Crippen LogP contribution in [0.2, 0.25) is 0 Å². The number of nitrogens with zero attached hydrogens (tertiary/aromatic N) is 2. The highest BCUT2D eigenvalue weighted by molar-refractivity contribution is 5.08. The third-order valence-electron chi connectivity index (χ3n) is 3.40. The lowest BCUT2D eigenvalue weighted by atomic mass is 9.98. The molecule has 1 rings (SSSR count). The minimum Gasteiger partial charge on any atom is -0.394 e. The summed E-state index contributed by atoms with van der Waals surface area (Å²) in [5.74, 6) is 0. The predicted octanol–water partition coefficient (Wildman–Crippen LogP) is 1.64. The third kappa shape index (κ3) is 3.82. The molecule has 0 spiro atoms. The van der Waals surface area contributed by atoms with E-state index in [2.05, 4.69) is 35.6 Å². The number of aromatic nitrogens is 2. The third-order valence-corrected chi connectivity index (χ3v) is 3.40. The first-order valence-corrected chi connectivity index (χ1v) is 6.36. The Bertz CT molecular complexity index is 348. The number of rotatable bonds is 7. The average molecular weight is 239 g/mol. The summed E-state index contributed by atoms with van der Waals surface area (Å²) in [6.45, 7) is 10.3. The van der Waals surface area contributed by atoms with Crippen LogP contribution in [-0.2, 0) is 6.54 Å². The molecule has 0 aliphatic rings. The number of aliphatic hydroxyl groups excluding tert-OH is 1. The lowest BCUT2D eigenvalue weighted by molar-refractivity contribution is 0.161. The number of imidazole rings is 1. The molecular weight excluding hydrogens is 214 g/mol. The van der Waals surface area contributed by atoms with Crippen molar-refractivity contribution < 1.29 is 5.11 Å². The standard InChI is InChI=1S/C13H25N3O/c1-5-7-15-13(4,9-17)6-8-16-10-14-11(2)12(16)3/h10,15,17H,5-9H2,1-4H3. The maximum absolute atomic E-state index is 9.48. The topological polar surface area (TPSA) is 50.1 Å². The average Bonchev–Trinajstić information content (AvgIpc) is 2.65. The van der Waals surface area contributed by atoms with Gasteiger partial charge in [0.15, 0.2) is 0 Å². The van der Waals surface area contributed by atoms with Crippen LogP contribution in [0.4, 0.5) is 0 Å². The molecule has 0 aromatic carbocycles. The maximum Gasteiger partial charge on any atom is 0.0951 e. The molecule has 0 amide bonds. The first-order valence-electron chi connectivity index (χ1n) is 6.36. The fourth-order valence-electron chi connectivity index (χ4n) is 1.79. The highest BCUT2D eigenvalue weighted by Crippen LogP contribution is 2.13. The maximum atomic E-state index is 9.48. The molecule has 0 saturated heterocycles. The molecule has 1 heterocycles. The summed E-state index contributed by atoms with van der Waals surface area (Å²) in [5, 5.41) is 12.9. The first-order chi connectivity index (χ1) is 8.02. The Morgan fingerprint density at radius 2 is 2.18 bits per heavy atom. The molecule has 2 N–H and O–H groups in total. The van der Waals surface area contributed by atoms with E-state index in [0.717, 1.165) is 31.6 Å². The van der Waals surface area contributed by atoms with Crippen LogP contribution in [0.15, 0.2) is 6.33 Å². The molecule has 0 fully saturated rings. The van der Waals surface area contributed by atoms with E-state index in [1.807, 2.05) is 13.3 Å². The minimum atomic E-state index is -0.194. The molecule has 1 unspecified atom stereocenters. The molecule has 98 valence electrons. The van der Waals surface area contributed by atoms with Crippen molar-refractivity contribution in [1.29, 1.82) is 0 Å². The van der Waals surface area contributed by atoms with Gasteiger partial charge in [0.25, 0.3) is 0 Å². The first kappa shape index (κ1) is 14.2. The zero-order valence-electron chi connectivity index (χ0n) is 11.5. The Morgan fingerprint density at radius 1 is 1.47 bits per heavy atom. The molecular formula is C13H25N3O. The van der Waals surface area contributed by atoms with E-state index in [9.17, 15) is 5.11 Å². The van der Waals surface area contributed by atoms with Crippen molar-refractivity contribution in [2.24, 2.45) is 0 Å². The molecule has 17 heavy (non-hydrogen) atoms. The van der Waals surface area contributed by atoms with Gasteiger partial charge in [0.1, 0.15) is 0 Å². The fraction of sp³-hybridized carbons (Fsp3) is 0.769. The van der Waals surface area contributed by atoms with E-state index in [-0.39, 0.29) is 12.1 Å². The zero-order valence-corrected chi connectivity index (χ0v) is 11.5. The van der Waals surface area contributed by atoms with Gasteiger partial charge in [-0.2, -0.15) is 0 Å². The molecule has 0 aliphatic carbocycles. The SMILES string of the molecule is CCCNC(C)(CO)CCn1cnc(C)c1C. The molecule has 4 heteroatoms. The van der Waals surface area contributed by atoms with E-state index < -0.39 is 0 Å². The molecule has 1 aromatic heterocycles. The van der Waals surface area contributed by atoms with E-state index in [1.165, 1.54) is 5.69 Å². The highest BCUT2D eigenvalue weighted by Gasteiger charge is 2.22. The lowest BCUT2D eigenvalue weighted by Gasteiger charge is -2.29. The quantitative estimate of drug-likeness (QED) is 0.760. The van der Waals surface area contributed by atoms with Crippen molar-refractivity contribution in [3.05, 3.63) is 17.7 Å². The largest absolute Gasteiger partial charge is 0.394 e. The fourth-order valence-corrected chi connectivity index (χ4v) is 1.79. The van der Waals surface area contributed by atoms with E-state index in [0.29, 0.717) is 0 Å². The van der Waals surface area contributed by atoms with Crippen molar-refractivity contribution in [3.63, 3.8) is 0 Å². The van der Waals surface area contributed by atoms with Crippen LogP contribution in [0.3, 0.4) is 0 Å². The van der Waals surface area contributed by atoms with Crippen molar-refractivity contribution in [3.8, 4) is 0 Å². The summed E-state index contributed by atoms with van der Waals surface area (Å²) in [5.41, 5.74) is 2.10. The van der Waals surface area contributed by atoms with Crippen LogP contribution in [0.1, 0.15) is 38.1 Å². The van der Waals surface area contributed by atoms with Gasteiger partial charge >= 0.3 is 0 Å². The lowest BCUT2D eigenvalue weighted by Crippen LogP contribution is -2.46. The molecule has 0 saturated carbocycles. The number of aryl methyl sites for hydroxylation is 2. The summed E-state index contributed by atoms with van der Waals surface area (Å²) in [4.78, 5) is 4.28. The van der Waals surface area contributed by atoms with Gasteiger partial charge in [0, 0.05) is 17.8 Å². The van der Waals surface area contributed by atoms with E-state index >= 15 is 0 Å². The van der Waals surface area contributed by atoms with Crippen LogP contribution in [-0.4, -0.2) is 33.3 Å². The van der Waals surface area contributed by atoms with Crippen molar-refractivity contribution in [2.75, 3.05) is 13.2 Å². The monoisotopic (exact) mass is 239 g/mol. The van der Waals surface area contributed by atoms with Gasteiger partial charge in [-0.3, -0.25) is 0 Å². The molecule has 0 radical (unpaired) electrons. The Kier molecular flexibility index (Phi) is 5.15. The van der Waals surface area contributed by atoms with Crippen molar-refractivity contribution >= 4 is 0 Å². The summed E-state index contributed by atoms with van der Waals surface area (Å²) in [6, 6.07) is 0. The molecule has 0 bridgehead atoms. The van der Waals surface area contributed by atoms with Gasteiger partial charge in [-0.25, -0.2) is 4.98 Å². The Hall–Kier alpha value is -0.870. The summed E-state index contributed by atoms with van der Waals surface area (Å²) in [7, 11) is 0. The van der Waals surface area contributed by atoms with Gasteiger partial charge in [-0.15, -0.1) is 0 Å². The summed E-state index contributed by atoms with van der Waals surface area (Å²) in [6.07, 6.45) is 3.86. The van der Waals surface area contributed by atoms with Crippen LogP contribution < -0.4 is 5.32 Å². The van der Waals surface area contributed by atoms with E-state index in [1.54, 1.807) is 0 Å². The minimum absolute atomic E-state index is 0.166. The van der Waals surface area contributed by atoms with Gasteiger partial charge in [0.05, 0.1) is 18.6 Å². The van der Waals surface area contributed by atoms with Crippen LogP contribution in [0.25, 0.3) is 0 Å². The van der Waals surface area contributed by atoms with Crippen molar-refractivity contribution in [2.45, 2.75) is 52.6 Å². The second-order valence-electron chi connectivity index (χ2n) is 5.00. The van der Waals surface area contributed by atoms with E-state index in [4.69, 9.17) is 0 Å². The van der Waals surface area contributed by atoms with Gasteiger partial charge < -0.3 is 15.0 Å². The Morgan fingerprint density at radius 3 is 2.65 bits per heavy atom. The highest BCUT2D eigenvalue weighted by atomic mass is 16.3.